The van der Waals surface area contributed by atoms with Gasteiger partial charge in [0, 0.05) is 31.7 Å². The number of anilines is 1. The summed E-state index contributed by atoms with van der Waals surface area (Å²) in [6.45, 7) is 3.17. The fourth-order valence-electron chi connectivity index (χ4n) is 4.38. The van der Waals surface area contributed by atoms with E-state index in [2.05, 4.69) is 15.7 Å². The van der Waals surface area contributed by atoms with E-state index in [0.717, 1.165) is 28.3 Å². The van der Waals surface area contributed by atoms with Crippen LogP contribution in [0.4, 0.5) is 18.9 Å². The highest BCUT2D eigenvalue weighted by atomic mass is 19.4. The maximum absolute atomic E-state index is 13.5. The molecule has 0 radical (unpaired) electrons. The van der Waals surface area contributed by atoms with Crippen molar-refractivity contribution in [1.29, 1.82) is 0 Å². The predicted octanol–water partition coefficient (Wildman–Crippen LogP) is 3.62. The molecule has 0 aliphatic carbocycles. The first kappa shape index (κ1) is 26.6. The highest BCUT2D eigenvalue weighted by Crippen LogP contribution is 2.39. The summed E-state index contributed by atoms with van der Waals surface area (Å²) in [6.07, 6.45) is 0.0991. The molecule has 0 spiro atoms. The number of hydrogen-bond acceptors (Lipinski definition) is 4. The highest BCUT2D eigenvalue weighted by molar-refractivity contribution is 6.25. The monoisotopic (exact) mass is 525 g/mol. The van der Waals surface area contributed by atoms with Crippen LogP contribution in [0.2, 0.25) is 0 Å². The third-order valence-corrected chi connectivity index (χ3v) is 6.72. The van der Waals surface area contributed by atoms with E-state index < -0.39 is 40.9 Å². The Bertz CT molecular complexity index is 1380. The van der Waals surface area contributed by atoms with Crippen LogP contribution < -0.4 is 15.5 Å². The lowest BCUT2D eigenvalue weighted by atomic mass is 9.76. The molecule has 0 fully saturated rings. The molecule has 8 nitrogen and oxygen atoms in total. The van der Waals surface area contributed by atoms with Crippen molar-refractivity contribution in [3.63, 3.8) is 0 Å². The Morgan fingerprint density at radius 1 is 1.08 bits per heavy atom. The number of halogens is 3. The molecular weight excluding hydrogens is 499 g/mol. The third kappa shape index (κ3) is 5.04. The predicted molar refractivity (Wildman–Crippen MR) is 134 cm³/mol. The first-order valence-corrected chi connectivity index (χ1v) is 11.8. The van der Waals surface area contributed by atoms with Crippen LogP contribution in [0.5, 0.6) is 0 Å². The number of nitrogens with one attached hydrogen (secondary N) is 2. The molecular formula is C27H26F3N5O3. The summed E-state index contributed by atoms with van der Waals surface area (Å²) in [5.41, 5.74) is -1.18. The zero-order valence-electron chi connectivity index (χ0n) is 20.9. The van der Waals surface area contributed by atoms with Gasteiger partial charge in [0.15, 0.2) is 0 Å². The summed E-state index contributed by atoms with van der Waals surface area (Å²) in [5, 5.41) is 9.36. The average molecular weight is 526 g/mol. The quantitative estimate of drug-likeness (QED) is 0.481. The molecule has 0 saturated heterocycles. The molecule has 2 atom stereocenters. The Balaban J connectivity index is 1.62. The van der Waals surface area contributed by atoms with Gasteiger partial charge in [-0.05, 0) is 61.9 Å². The van der Waals surface area contributed by atoms with Crippen molar-refractivity contribution < 1.29 is 27.6 Å². The second kappa shape index (κ2) is 10.2. The molecule has 2 unspecified atom stereocenters. The smallest absolute Gasteiger partial charge is 0.358 e. The van der Waals surface area contributed by atoms with Crippen molar-refractivity contribution in [3.05, 3.63) is 89.8 Å². The van der Waals surface area contributed by atoms with Gasteiger partial charge in [0.05, 0.1) is 22.7 Å². The standard InChI is InChI=1S/C27H26F3N5O3/c1-17-26(2,25(38)31-3)15-22(24(37)35(17)21-7-4-6-19(14-21)27(28,29)30)23(36)32-16-18-8-10-20(11-9-18)34-13-5-12-33-34/h4-15,17H,16H2,1-3H3,(H,31,38)(H,32,36). The molecule has 3 amide bonds. The molecule has 1 aliphatic heterocycles. The van der Waals surface area contributed by atoms with Gasteiger partial charge in [0.1, 0.15) is 5.57 Å². The maximum Gasteiger partial charge on any atom is 0.416 e. The maximum atomic E-state index is 13.5. The van der Waals surface area contributed by atoms with E-state index in [4.69, 9.17) is 0 Å². The van der Waals surface area contributed by atoms with Crippen LogP contribution in [0.15, 0.2) is 78.6 Å². The lowest BCUT2D eigenvalue weighted by Crippen LogP contribution is -2.58. The minimum Gasteiger partial charge on any atom is -0.358 e. The summed E-state index contributed by atoms with van der Waals surface area (Å²) < 4.78 is 41.8. The van der Waals surface area contributed by atoms with Crippen molar-refractivity contribution >= 4 is 23.4 Å². The van der Waals surface area contributed by atoms with E-state index in [1.165, 1.54) is 32.2 Å². The van der Waals surface area contributed by atoms with Gasteiger partial charge in [-0.2, -0.15) is 18.3 Å². The van der Waals surface area contributed by atoms with Gasteiger partial charge in [-0.25, -0.2) is 4.68 Å². The second-order valence-corrected chi connectivity index (χ2v) is 9.12. The van der Waals surface area contributed by atoms with Crippen molar-refractivity contribution in [1.82, 2.24) is 20.4 Å². The number of benzene rings is 2. The number of carbonyl (C=O) groups excluding carboxylic acids is 3. The van der Waals surface area contributed by atoms with E-state index in [1.54, 1.807) is 42.2 Å². The molecule has 1 aromatic heterocycles. The number of amides is 3. The molecule has 38 heavy (non-hydrogen) atoms. The molecule has 2 heterocycles. The van der Waals surface area contributed by atoms with Crippen molar-refractivity contribution in [2.24, 2.45) is 5.41 Å². The molecule has 198 valence electrons. The van der Waals surface area contributed by atoms with Gasteiger partial charge < -0.3 is 15.5 Å². The first-order chi connectivity index (χ1) is 18.0. The number of rotatable bonds is 6. The second-order valence-electron chi connectivity index (χ2n) is 9.12. The zero-order chi connectivity index (χ0) is 27.7. The summed E-state index contributed by atoms with van der Waals surface area (Å²) in [6, 6.07) is 12.4. The topological polar surface area (TPSA) is 96.3 Å². The SMILES string of the molecule is CNC(=O)C1(C)C=C(C(=O)NCc2ccc(-n3cccn3)cc2)C(=O)N(c2cccc(C(F)(F)F)c2)C1C. The van der Waals surface area contributed by atoms with Crippen LogP contribution >= 0.6 is 0 Å². The minimum atomic E-state index is -4.63. The summed E-state index contributed by atoms with van der Waals surface area (Å²) in [5.74, 6) is -2.04. The summed E-state index contributed by atoms with van der Waals surface area (Å²) >= 11 is 0. The van der Waals surface area contributed by atoms with Crippen LogP contribution in [0.25, 0.3) is 5.69 Å². The van der Waals surface area contributed by atoms with Gasteiger partial charge in [-0.1, -0.05) is 18.2 Å². The average Bonchev–Trinajstić information content (AvgIpc) is 3.44. The van der Waals surface area contributed by atoms with Crippen molar-refractivity contribution in [2.75, 3.05) is 11.9 Å². The van der Waals surface area contributed by atoms with Crippen LogP contribution in [0, 0.1) is 5.41 Å². The zero-order valence-corrected chi connectivity index (χ0v) is 20.9. The number of hydrogen-bond donors (Lipinski definition) is 2. The lowest BCUT2D eigenvalue weighted by Gasteiger charge is -2.43. The van der Waals surface area contributed by atoms with Gasteiger partial charge in [0.25, 0.3) is 11.8 Å². The largest absolute Gasteiger partial charge is 0.416 e. The minimum absolute atomic E-state index is 0.0694. The van der Waals surface area contributed by atoms with Crippen LogP contribution in [-0.4, -0.2) is 40.6 Å². The van der Waals surface area contributed by atoms with Crippen LogP contribution in [0.3, 0.4) is 0 Å². The van der Waals surface area contributed by atoms with Crippen LogP contribution in [-0.2, 0) is 27.1 Å². The van der Waals surface area contributed by atoms with Gasteiger partial charge in [0.2, 0.25) is 5.91 Å². The van der Waals surface area contributed by atoms with Gasteiger partial charge >= 0.3 is 6.18 Å². The lowest BCUT2D eigenvalue weighted by molar-refractivity contribution is -0.138. The molecule has 2 N–H and O–H groups in total. The molecule has 11 heteroatoms. The molecule has 1 aliphatic rings. The Kier molecular flexibility index (Phi) is 7.12. The molecule has 4 rings (SSSR count). The van der Waals surface area contributed by atoms with E-state index in [1.807, 2.05) is 12.1 Å². The Morgan fingerprint density at radius 3 is 2.39 bits per heavy atom. The normalized spacial score (nSPS) is 19.6. The molecule has 2 aromatic carbocycles. The number of nitrogens with zero attached hydrogens (tertiary/aromatic N) is 3. The molecule has 3 aromatic rings. The fraction of sp³-hybridized carbons (Fsp3) is 0.259. The van der Waals surface area contributed by atoms with Crippen molar-refractivity contribution in [3.8, 4) is 5.69 Å². The van der Waals surface area contributed by atoms with E-state index in [0.29, 0.717) is 0 Å². The van der Waals surface area contributed by atoms with Gasteiger partial charge in [-0.15, -0.1) is 0 Å². The highest BCUT2D eigenvalue weighted by Gasteiger charge is 2.48. The number of alkyl halides is 3. The Morgan fingerprint density at radius 2 is 1.79 bits per heavy atom. The number of aromatic nitrogens is 2. The van der Waals surface area contributed by atoms with E-state index in [9.17, 15) is 27.6 Å². The third-order valence-electron chi connectivity index (χ3n) is 6.72. The Labute approximate surface area is 217 Å². The fourth-order valence-corrected chi connectivity index (χ4v) is 4.38. The molecule has 0 bridgehead atoms. The summed E-state index contributed by atoms with van der Waals surface area (Å²) in [7, 11) is 1.41. The first-order valence-electron chi connectivity index (χ1n) is 11.8. The van der Waals surface area contributed by atoms with Gasteiger partial charge in [-0.3, -0.25) is 14.4 Å². The number of carbonyl (C=O) groups is 3. The summed E-state index contributed by atoms with van der Waals surface area (Å²) in [4.78, 5) is 40.6. The van der Waals surface area contributed by atoms with Crippen molar-refractivity contribution in [2.45, 2.75) is 32.6 Å². The van der Waals surface area contributed by atoms with E-state index in [-0.39, 0.29) is 17.8 Å². The van der Waals surface area contributed by atoms with Crippen LogP contribution in [0.1, 0.15) is 25.0 Å². The Hall–Kier alpha value is -4.41. The molecule has 0 saturated carbocycles. The van der Waals surface area contributed by atoms with E-state index >= 15 is 0 Å².